The Hall–Kier alpha value is -2.82. The van der Waals surface area contributed by atoms with Crippen molar-refractivity contribution in [2.75, 3.05) is 34.8 Å². The monoisotopic (exact) mass is 448 g/mol. The number of fused-ring (bicyclic) bond motifs is 1. The molecule has 0 saturated carbocycles. The molecule has 2 heterocycles. The fourth-order valence-corrected chi connectivity index (χ4v) is 5.57. The van der Waals surface area contributed by atoms with Gasteiger partial charge in [-0.1, -0.05) is 30.3 Å². The van der Waals surface area contributed by atoms with Crippen molar-refractivity contribution in [1.82, 2.24) is 10.6 Å². The molecule has 1 fully saturated rings. The lowest BCUT2D eigenvalue weighted by molar-refractivity contribution is 0.137. The van der Waals surface area contributed by atoms with Gasteiger partial charge in [-0.3, -0.25) is 4.31 Å². The molecule has 0 unspecified atom stereocenters. The number of anilines is 3. The van der Waals surface area contributed by atoms with E-state index in [0.29, 0.717) is 18.3 Å². The van der Waals surface area contributed by atoms with Crippen molar-refractivity contribution in [1.29, 1.82) is 0 Å². The van der Waals surface area contributed by atoms with Crippen LogP contribution in [0.5, 0.6) is 0 Å². The topological polar surface area (TPSA) is 122 Å². The van der Waals surface area contributed by atoms with E-state index in [0.717, 1.165) is 50.3 Å². The molecule has 31 heavy (non-hydrogen) atoms. The molecule has 9 nitrogen and oxygen atoms in total. The summed E-state index contributed by atoms with van der Waals surface area (Å²) in [5.41, 5.74) is 2.14. The van der Waals surface area contributed by atoms with Gasteiger partial charge >= 0.3 is 16.4 Å². The van der Waals surface area contributed by atoms with E-state index in [1.165, 1.54) is 4.31 Å². The molecule has 0 atom stereocenters. The van der Waals surface area contributed by atoms with Gasteiger partial charge in [0.15, 0.2) is 0 Å². The number of nitrogens with one attached hydrogen (secondary N) is 2. The number of hydrogen-bond donors (Lipinski definition) is 4. The zero-order valence-electron chi connectivity index (χ0n) is 17.1. The van der Waals surface area contributed by atoms with Crippen LogP contribution in [-0.4, -0.2) is 57.0 Å². The standard InChI is InChI=1S/C20H26N4O2S.CH2O3/c25-27(26)23(16-6-13-22-17-11-14-21-15-12-17)19-9-4-5-10-20(19)24(27)18-7-2-1-3-8-18;2-1(3)4/h1-5,7-10,17,21-22H,6,11-16H2;(H2,2,3,4). The third-order valence-corrected chi connectivity index (χ3v) is 6.98. The van der Waals surface area contributed by atoms with Gasteiger partial charge < -0.3 is 20.8 Å². The van der Waals surface area contributed by atoms with Crippen LogP contribution in [0.1, 0.15) is 19.3 Å². The lowest BCUT2D eigenvalue weighted by Crippen LogP contribution is -2.41. The first-order valence-corrected chi connectivity index (χ1v) is 11.6. The average Bonchev–Trinajstić information content (AvgIpc) is 2.98. The molecule has 4 rings (SSSR count). The van der Waals surface area contributed by atoms with E-state index in [1.807, 2.05) is 54.6 Å². The van der Waals surface area contributed by atoms with Gasteiger partial charge in [0, 0.05) is 12.6 Å². The van der Waals surface area contributed by atoms with Crippen LogP contribution in [0.4, 0.5) is 21.9 Å². The highest BCUT2D eigenvalue weighted by Crippen LogP contribution is 2.44. The van der Waals surface area contributed by atoms with Crippen LogP contribution in [0.25, 0.3) is 0 Å². The van der Waals surface area contributed by atoms with E-state index in [1.54, 1.807) is 4.31 Å². The van der Waals surface area contributed by atoms with E-state index in [2.05, 4.69) is 10.6 Å². The predicted molar refractivity (Wildman–Crippen MR) is 120 cm³/mol. The van der Waals surface area contributed by atoms with E-state index in [9.17, 15) is 8.42 Å². The highest BCUT2D eigenvalue weighted by Gasteiger charge is 2.40. The van der Waals surface area contributed by atoms with Crippen LogP contribution < -0.4 is 19.2 Å². The molecule has 2 aromatic carbocycles. The second-order valence-electron chi connectivity index (χ2n) is 7.28. The van der Waals surface area contributed by atoms with E-state index in [-0.39, 0.29) is 0 Å². The van der Waals surface area contributed by atoms with Crippen LogP contribution >= 0.6 is 0 Å². The van der Waals surface area contributed by atoms with Crippen molar-refractivity contribution < 1.29 is 23.4 Å². The van der Waals surface area contributed by atoms with Gasteiger partial charge in [-0.2, -0.15) is 8.42 Å². The Kier molecular flexibility index (Phi) is 7.72. The van der Waals surface area contributed by atoms with Gasteiger partial charge in [0.2, 0.25) is 0 Å². The Labute approximate surface area is 182 Å². The quantitative estimate of drug-likeness (QED) is 0.501. The fourth-order valence-electron chi connectivity index (χ4n) is 3.82. The number of nitrogens with zero attached hydrogens (tertiary/aromatic N) is 2. The molecular weight excluding hydrogens is 420 g/mol. The molecule has 1 saturated heterocycles. The number of carbonyl (C=O) groups is 1. The third-order valence-electron chi connectivity index (χ3n) is 5.18. The number of hydrogen-bond acceptors (Lipinski definition) is 5. The van der Waals surface area contributed by atoms with Gasteiger partial charge in [0.1, 0.15) is 0 Å². The zero-order valence-corrected chi connectivity index (χ0v) is 18.0. The minimum atomic E-state index is -3.62. The van der Waals surface area contributed by atoms with E-state index >= 15 is 0 Å². The summed E-state index contributed by atoms with van der Waals surface area (Å²) in [6, 6.07) is 17.3. The molecule has 0 aromatic heterocycles. The largest absolute Gasteiger partial charge is 0.503 e. The first kappa shape index (κ1) is 22.9. The molecule has 2 aromatic rings. The highest BCUT2D eigenvalue weighted by molar-refractivity contribution is 7.95. The van der Waals surface area contributed by atoms with Gasteiger partial charge in [0.25, 0.3) is 0 Å². The highest BCUT2D eigenvalue weighted by atomic mass is 32.2. The average molecular weight is 449 g/mol. The molecular formula is C21H28N4O5S. The lowest BCUT2D eigenvalue weighted by atomic mass is 10.1. The number of para-hydroxylation sites is 3. The Balaban J connectivity index is 0.000000628. The van der Waals surface area contributed by atoms with Crippen LogP contribution in [-0.2, 0) is 10.2 Å². The molecule has 4 N–H and O–H groups in total. The Morgan fingerprint density at radius 2 is 1.58 bits per heavy atom. The first-order chi connectivity index (χ1) is 14.9. The maximum Gasteiger partial charge on any atom is 0.503 e. The van der Waals surface area contributed by atoms with Crippen molar-refractivity contribution in [3.8, 4) is 0 Å². The maximum atomic E-state index is 13.3. The fraction of sp³-hybridized carbons (Fsp3) is 0.381. The minimum absolute atomic E-state index is 0.473. The molecule has 0 bridgehead atoms. The third kappa shape index (κ3) is 5.66. The van der Waals surface area contributed by atoms with Crippen LogP contribution in [0.3, 0.4) is 0 Å². The number of carboxylic acid groups (broad SMARTS) is 2. The lowest BCUT2D eigenvalue weighted by Gasteiger charge is -2.25. The smallest absolute Gasteiger partial charge is 0.450 e. The van der Waals surface area contributed by atoms with Crippen molar-refractivity contribution in [3.05, 3.63) is 54.6 Å². The van der Waals surface area contributed by atoms with Crippen molar-refractivity contribution >= 4 is 33.4 Å². The normalized spacial score (nSPS) is 17.5. The van der Waals surface area contributed by atoms with Gasteiger partial charge in [0.05, 0.1) is 17.1 Å². The molecule has 2 aliphatic rings. The number of rotatable bonds is 6. The van der Waals surface area contributed by atoms with Crippen LogP contribution in [0.2, 0.25) is 0 Å². The van der Waals surface area contributed by atoms with Gasteiger partial charge in [-0.25, -0.2) is 9.10 Å². The van der Waals surface area contributed by atoms with Crippen LogP contribution in [0, 0.1) is 0 Å². The van der Waals surface area contributed by atoms with Gasteiger partial charge in [-0.05, 0) is 63.2 Å². The summed E-state index contributed by atoms with van der Waals surface area (Å²) in [5, 5.41) is 20.9. The first-order valence-electron chi connectivity index (χ1n) is 10.2. The summed E-state index contributed by atoms with van der Waals surface area (Å²) in [5.74, 6) is 0. The summed E-state index contributed by atoms with van der Waals surface area (Å²) in [6.07, 6.45) is 1.21. The molecule has 2 aliphatic heterocycles. The maximum absolute atomic E-state index is 13.3. The van der Waals surface area contributed by atoms with Crippen LogP contribution in [0.15, 0.2) is 54.6 Å². The Morgan fingerprint density at radius 1 is 1.00 bits per heavy atom. The number of piperidine rings is 1. The molecule has 10 heteroatoms. The molecule has 0 radical (unpaired) electrons. The molecule has 0 aliphatic carbocycles. The summed E-state index contributed by atoms with van der Waals surface area (Å²) < 4.78 is 29.5. The molecule has 168 valence electrons. The summed E-state index contributed by atoms with van der Waals surface area (Å²) in [4.78, 5) is 8.56. The second kappa shape index (κ2) is 10.5. The van der Waals surface area contributed by atoms with Crippen molar-refractivity contribution in [2.24, 2.45) is 0 Å². The molecule has 0 spiro atoms. The Bertz CT molecular complexity index is 961. The predicted octanol–water partition coefficient (Wildman–Crippen LogP) is 2.84. The Morgan fingerprint density at radius 3 is 2.23 bits per heavy atom. The van der Waals surface area contributed by atoms with E-state index < -0.39 is 16.4 Å². The van der Waals surface area contributed by atoms with Crippen molar-refractivity contribution in [2.45, 2.75) is 25.3 Å². The zero-order chi connectivity index (χ0) is 22.3. The number of benzene rings is 2. The van der Waals surface area contributed by atoms with Crippen molar-refractivity contribution in [3.63, 3.8) is 0 Å². The summed E-state index contributed by atoms with van der Waals surface area (Å²) in [6.45, 7) is 3.40. The van der Waals surface area contributed by atoms with Gasteiger partial charge in [-0.15, -0.1) is 0 Å². The minimum Gasteiger partial charge on any atom is -0.450 e. The SMILES string of the molecule is O=C(O)O.O=S1(=O)N(CCCNC2CCNCC2)c2ccccc2N1c1ccccc1. The van der Waals surface area contributed by atoms with E-state index in [4.69, 9.17) is 15.0 Å². The molecule has 0 amide bonds. The summed E-state index contributed by atoms with van der Waals surface area (Å²) in [7, 11) is -3.62. The summed E-state index contributed by atoms with van der Waals surface area (Å²) >= 11 is 0. The second-order valence-corrected chi connectivity index (χ2v) is 8.98.